The van der Waals surface area contributed by atoms with Crippen molar-refractivity contribution in [2.75, 3.05) is 6.61 Å². The van der Waals surface area contributed by atoms with E-state index in [1.807, 2.05) is 42.8 Å². The quantitative estimate of drug-likeness (QED) is 0.627. The van der Waals surface area contributed by atoms with Crippen LogP contribution >= 0.6 is 0 Å². The molecule has 5 nitrogen and oxygen atoms in total. The van der Waals surface area contributed by atoms with Crippen molar-refractivity contribution >= 4 is 16.6 Å². The van der Waals surface area contributed by atoms with Gasteiger partial charge in [0.1, 0.15) is 5.65 Å². The number of benzene rings is 1. The summed E-state index contributed by atoms with van der Waals surface area (Å²) in [6.07, 6.45) is 5.56. The van der Waals surface area contributed by atoms with Crippen LogP contribution in [0.2, 0.25) is 0 Å². The second kappa shape index (κ2) is 5.08. The van der Waals surface area contributed by atoms with E-state index in [2.05, 4.69) is 15.2 Å². The van der Waals surface area contributed by atoms with E-state index < -0.39 is 5.82 Å². The maximum atomic E-state index is 14.5. The van der Waals surface area contributed by atoms with Gasteiger partial charge in [0.05, 0.1) is 24.0 Å². The zero-order chi connectivity index (χ0) is 16.0. The van der Waals surface area contributed by atoms with Crippen LogP contribution in [0.1, 0.15) is 12.6 Å². The summed E-state index contributed by atoms with van der Waals surface area (Å²) in [7, 11) is 0. The largest absolute Gasteiger partial charge is 0.490 e. The van der Waals surface area contributed by atoms with Gasteiger partial charge in [0.25, 0.3) is 0 Å². The van der Waals surface area contributed by atoms with Gasteiger partial charge in [-0.3, -0.25) is 5.10 Å². The highest BCUT2D eigenvalue weighted by Crippen LogP contribution is 2.38. The van der Waals surface area contributed by atoms with Crippen LogP contribution < -0.4 is 4.74 Å². The molecule has 0 saturated heterocycles. The highest BCUT2D eigenvalue weighted by atomic mass is 19.1. The van der Waals surface area contributed by atoms with Crippen molar-refractivity contribution in [3.05, 3.63) is 48.3 Å². The number of ether oxygens (including phenoxy) is 1. The lowest BCUT2D eigenvalue weighted by Gasteiger charge is -2.13. The Morgan fingerprint density at radius 2 is 2.17 bits per heavy atom. The van der Waals surface area contributed by atoms with Gasteiger partial charge in [-0.15, -0.1) is 0 Å². The van der Waals surface area contributed by atoms with Gasteiger partial charge in [-0.05, 0) is 26.0 Å². The van der Waals surface area contributed by atoms with Crippen molar-refractivity contribution in [2.45, 2.75) is 13.8 Å². The normalized spacial score (nSPS) is 11.4. The van der Waals surface area contributed by atoms with Gasteiger partial charge in [-0.25, -0.2) is 9.37 Å². The van der Waals surface area contributed by atoms with Crippen molar-refractivity contribution in [3.8, 4) is 16.9 Å². The fraction of sp³-hybridized carbons (Fsp3) is 0.176. The number of pyridine rings is 1. The molecule has 0 aliphatic rings. The van der Waals surface area contributed by atoms with E-state index in [1.165, 1.54) is 6.07 Å². The van der Waals surface area contributed by atoms with Crippen molar-refractivity contribution < 1.29 is 9.13 Å². The molecule has 1 N–H and O–H groups in total. The Kier molecular flexibility index (Phi) is 3.04. The molecule has 0 radical (unpaired) electrons. The Morgan fingerprint density at radius 1 is 1.30 bits per heavy atom. The third-order valence-electron chi connectivity index (χ3n) is 3.80. The molecule has 0 aliphatic carbocycles. The molecule has 23 heavy (non-hydrogen) atoms. The Balaban J connectivity index is 2.04. The maximum absolute atomic E-state index is 14.5. The monoisotopic (exact) mass is 310 g/mol. The second-order valence-electron chi connectivity index (χ2n) is 5.39. The Bertz CT molecular complexity index is 1020. The minimum Gasteiger partial charge on any atom is -0.490 e. The standard InChI is InChI=1S/C17H15FN4O/c1-3-23-17-13(18)6-14-12(7-19-21-14)16(17)11-4-5-15-20-10(2)8-22(15)9-11/h4-9H,3H2,1-2H3,(H,19,21). The molecular formula is C17H15FN4O. The summed E-state index contributed by atoms with van der Waals surface area (Å²) in [5.41, 5.74) is 3.97. The average molecular weight is 310 g/mol. The molecule has 6 heteroatoms. The molecule has 0 unspecified atom stereocenters. The van der Waals surface area contributed by atoms with Crippen LogP contribution in [-0.2, 0) is 0 Å². The minimum atomic E-state index is -0.402. The van der Waals surface area contributed by atoms with E-state index in [4.69, 9.17) is 4.74 Å². The fourth-order valence-electron chi connectivity index (χ4n) is 2.88. The van der Waals surface area contributed by atoms with Gasteiger partial charge in [-0.2, -0.15) is 5.10 Å². The number of hydrogen-bond acceptors (Lipinski definition) is 3. The zero-order valence-electron chi connectivity index (χ0n) is 12.8. The molecule has 1 aromatic carbocycles. The smallest absolute Gasteiger partial charge is 0.167 e. The zero-order valence-corrected chi connectivity index (χ0v) is 12.8. The lowest BCUT2D eigenvalue weighted by molar-refractivity contribution is 0.323. The van der Waals surface area contributed by atoms with Crippen molar-refractivity contribution in [1.29, 1.82) is 0 Å². The number of nitrogens with zero attached hydrogens (tertiary/aromatic N) is 3. The van der Waals surface area contributed by atoms with Crippen molar-refractivity contribution in [2.24, 2.45) is 0 Å². The molecule has 0 saturated carbocycles. The van der Waals surface area contributed by atoms with Gasteiger partial charge in [0, 0.05) is 35.0 Å². The van der Waals surface area contributed by atoms with Crippen LogP contribution in [0.15, 0.2) is 36.8 Å². The first-order valence-electron chi connectivity index (χ1n) is 7.41. The number of hydrogen-bond donors (Lipinski definition) is 1. The highest BCUT2D eigenvalue weighted by Gasteiger charge is 2.18. The molecular weight excluding hydrogens is 295 g/mol. The molecule has 4 rings (SSSR count). The van der Waals surface area contributed by atoms with Gasteiger partial charge < -0.3 is 9.14 Å². The topological polar surface area (TPSA) is 55.2 Å². The van der Waals surface area contributed by atoms with E-state index in [0.29, 0.717) is 17.7 Å². The lowest BCUT2D eigenvalue weighted by atomic mass is 10.0. The number of fused-ring (bicyclic) bond motifs is 2. The van der Waals surface area contributed by atoms with Crippen LogP contribution in [0, 0.1) is 12.7 Å². The van der Waals surface area contributed by atoms with Gasteiger partial charge >= 0.3 is 0 Å². The van der Waals surface area contributed by atoms with Crippen LogP contribution in [0.3, 0.4) is 0 Å². The number of nitrogens with one attached hydrogen (secondary N) is 1. The summed E-state index contributed by atoms with van der Waals surface area (Å²) in [4.78, 5) is 4.42. The average Bonchev–Trinajstić information content (AvgIpc) is 3.12. The Hall–Kier alpha value is -2.89. The Morgan fingerprint density at radius 3 is 3.00 bits per heavy atom. The van der Waals surface area contributed by atoms with Crippen molar-refractivity contribution in [3.63, 3.8) is 0 Å². The fourth-order valence-corrected chi connectivity index (χ4v) is 2.88. The van der Waals surface area contributed by atoms with E-state index in [1.54, 1.807) is 6.20 Å². The van der Waals surface area contributed by atoms with E-state index in [0.717, 1.165) is 22.3 Å². The summed E-state index contributed by atoms with van der Waals surface area (Å²) in [5.74, 6) is -0.155. The predicted octanol–water partition coefficient (Wildman–Crippen LogP) is 3.72. The molecule has 4 aromatic rings. The molecule has 116 valence electrons. The van der Waals surface area contributed by atoms with E-state index >= 15 is 0 Å². The summed E-state index contributed by atoms with van der Waals surface area (Å²) in [5, 5.41) is 7.67. The number of H-pyrrole nitrogens is 1. The van der Waals surface area contributed by atoms with Crippen molar-refractivity contribution in [1.82, 2.24) is 19.6 Å². The van der Waals surface area contributed by atoms with E-state index in [-0.39, 0.29) is 5.75 Å². The first kappa shape index (κ1) is 13.8. The van der Waals surface area contributed by atoms with Crippen LogP contribution in [0.4, 0.5) is 4.39 Å². The Labute approximate surface area is 131 Å². The SMILES string of the molecule is CCOc1c(F)cc2[nH]ncc2c1-c1ccc2nc(C)cn2c1. The molecule has 0 atom stereocenters. The highest BCUT2D eigenvalue weighted by molar-refractivity contribution is 5.98. The number of rotatable bonds is 3. The second-order valence-corrected chi connectivity index (χ2v) is 5.39. The molecule has 0 bridgehead atoms. The summed E-state index contributed by atoms with van der Waals surface area (Å²) >= 11 is 0. The summed E-state index contributed by atoms with van der Waals surface area (Å²) in [6, 6.07) is 5.25. The maximum Gasteiger partial charge on any atom is 0.167 e. The first-order chi connectivity index (χ1) is 11.2. The third kappa shape index (κ3) is 2.14. The summed E-state index contributed by atoms with van der Waals surface area (Å²) < 4.78 is 22.0. The minimum absolute atomic E-state index is 0.248. The van der Waals surface area contributed by atoms with Gasteiger partial charge in [0.2, 0.25) is 0 Å². The third-order valence-corrected chi connectivity index (χ3v) is 3.80. The molecule has 0 fully saturated rings. The molecule has 0 aliphatic heterocycles. The lowest BCUT2D eigenvalue weighted by Crippen LogP contribution is -1.98. The number of aryl methyl sites for hydroxylation is 1. The number of aromatic amines is 1. The molecule has 3 heterocycles. The van der Waals surface area contributed by atoms with Crippen LogP contribution in [0.5, 0.6) is 5.75 Å². The van der Waals surface area contributed by atoms with Gasteiger partial charge in [0.15, 0.2) is 11.6 Å². The van der Waals surface area contributed by atoms with Crippen LogP contribution in [0.25, 0.3) is 27.7 Å². The molecule has 3 aromatic heterocycles. The number of imidazole rings is 1. The predicted molar refractivity (Wildman–Crippen MR) is 86.1 cm³/mol. The van der Waals surface area contributed by atoms with E-state index in [9.17, 15) is 4.39 Å². The number of aromatic nitrogens is 4. The van der Waals surface area contributed by atoms with Gasteiger partial charge in [-0.1, -0.05) is 0 Å². The molecule has 0 spiro atoms. The first-order valence-corrected chi connectivity index (χ1v) is 7.41. The van der Waals surface area contributed by atoms with Crippen LogP contribution in [-0.4, -0.2) is 26.2 Å². The summed E-state index contributed by atoms with van der Waals surface area (Å²) in [6.45, 7) is 4.17. The molecule has 0 amide bonds. The number of halogens is 1.